The van der Waals surface area contributed by atoms with Crippen LogP contribution in [0.4, 0.5) is 0 Å². The van der Waals surface area contributed by atoms with Crippen LogP contribution in [0.1, 0.15) is 38.5 Å². The van der Waals surface area contributed by atoms with Gasteiger partial charge >= 0.3 is 0 Å². The highest BCUT2D eigenvalue weighted by Crippen LogP contribution is 2.22. The van der Waals surface area contributed by atoms with E-state index in [0.29, 0.717) is 11.6 Å². The first kappa shape index (κ1) is 12.0. The predicted molar refractivity (Wildman–Crippen MR) is 68.6 cm³/mol. The van der Waals surface area contributed by atoms with Crippen molar-refractivity contribution in [2.45, 2.75) is 32.8 Å². The molecule has 3 heteroatoms. The molecule has 0 saturated heterocycles. The van der Waals surface area contributed by atoms with Gasteiger partial charge in [-0.25, -0.2) is 4.98 Å². The number of aromatic nitrogens is 2. The molecule has 0 aliphatic heterocycles. The smallest absolute Gasteiger partial charge is 0.0978 e. The van der Waals surface area contributed by atoms with E-state index in [1.807, 2.05) is 24.3 Å². The zero-order chi connectivity index (χ0) is 12.3. The minimum absolute atomic E-state index is 0.498. The van der Waals surface area contributed by atoms with Gasteiger partial charge in [0.1, 0.15) is 0 Å². The molecule has 90 valence electrons. The van der Waals surface area contributed by atoms with Gasteiger partial charge in [0, 0.05) is 0 Å². The molecule has 0 amide bonds. The minimum atomic E-state index is -0.512. The summed E-state index contributed by atoms with van der Waals surface area (Å²) in [7, 11) is 0. The number of aliphatic hydroxyl groups is 1. The van der Waals surface area contributed by atoms with Crippen molar-refractivity contribution < 1.29 is 5.11 Å². The normalized spacial score (nSPS) is 14.8. The largest absolute Gasteiger partial charge is 0.387 e. The molecule has 0 aliphatic rings. The van der Waals surface area contributed by atoms with E-state index in [0.717, 1.165) is 23.9 Å². The van der Waals surface area contributed by atoms with Crippen molar-refractivity contribution in [1.29, 1.82) is 0 Å². The van der Waals surface area contributed by atoms with E-state index in [1.165, 1.54) is 0 Å². The number of hydrogen-bond acceptors (Lipinski definition) is 3. The van der Waals surface area contributed by atoms with Crippen molar-refractivity contribution in [3.63, 3.8) is 0 Å². The molecule has 0 spiro atoms. The molecule has 0 fully saturated rings. The number of rotatable bonds is 4. The average Bonchev–Trinajstić information content (AvgIpc) is 2.38. The van der Waals surface area contributed by atoms with Crippen LogP contribution in [-0.4, -0.2) is 15.1 Å². The van der Waals surface area contributed by atoms with Crippen molar-refractivity contribution >= 4 is 11.0 Å². The van der Waals surface area contributed by atoms with Gasteiger partial charge in [-0.15, -0.1) is 0 Å². The lowest BCUT2D eigenvalue weighted by Gasteiger charge is -2.14. The third-order valence-electron chi connectivity index (χ3n) is 3.13. The van der Waals surface area contributed by atoms with Crippen LogP contribution in [0.3, 0.4) is 0 Å². The lowest BCUT2D eigenvalue weighted by Crippen LogP contribution is -2.06. The molecular weight excluding hydrogens is 212 g/mol. The van der Waals surface area contributed by atoms with Crippen molar-refractivity contribution in [3.8, 4) is 0 Å². The summed E-state index contributed by atoms with van der Waals surface area (Å²) in [6.07, 6.45) is 2.97. The predicted octanol–water partition coefficient (Wildman–Crippen LogP) is 3.10. The molecule has 0 aliphatic carbocycles. The fourth-order valence-corrected chi connectivity index (χ4v) is 1.80. The van der Waals surface area contributed by atoms with Gasteiger partial charge in [-0.05, 0) is 24.5 Å². The number of para-hydroxylation sites is 2. The maximum absolute atomic E-state index is 10.1. The Hall–Kier alpha value is -1.48. The van der Waals surface area contributed by atoms with Crippen molar-refractivity contribution in [3.05, 3.63) is 36.2 Å². The summed E-state index contributed by atoms with van der Waals surface area (Å²) in [5.74, 6) is 0.498. The van der Waals surface area contributed by atoms with Gasteiger partial charge in [0.25, 0.3) is 0 Å². The molecule has 1 N–H and O–H groups in total. The van der Waals surface area contributed by atoms with E-state index in [9.17, 15) is 5.11 Å². The Labute approximate surface area is 102 Å². The van der Waals surface area contributed by atoms with Crippen LogP contribution in [-0.2, 0) is 0 Å². The quantitative estimate of drug-likeness (QED) is 0.877. The van der Waals surface area contributed by atoms with E-state index in [1.54, 1.807) is 6.20 Å². The Kier molecular flexibility index (Phi) is 3.69. The first-order valence-corrected chi connectivity index (χ1v) is 6.10. The highest BCUT2D eigenvalue weighted by Gasteiger charge is 2.13. The summed E-state index contributed by atoms with van der Waals surface area (Å²) >= 11 is 0. The van der Waals surface area contributed by atoms with E-state index >= 15 is 0 Å². The molecule has 2 unspecified atom stereocenters. The Morgan fingerprint density at radius 1 is 1.24 bits per heavy atom. The van der Waals surface area contributed by atoms with Crippen LogP contribution < -0.4 is 0 Å². The SMILES string of the molecule is CCC(C)CC(O)c1cnc2ccccc2n1. The molecule has 0 radical (unpaired) electrons. The van der Waals surface area contributed by atoms with Gasteiger partial charge in [0.15, 0.2) is 0 Å². The van der Waals surface area contributed by atoms with Gasteiger partial charge in [0.2, 0.25) is 0 Å². The van der Waals surface area contributed by atoms with Gasteiger partial charge in [0.05, 0.1) is 29.0 Å². The number of nitrogens with zero attached hydrogens (tertiary/aromatic N) is 2. The number of benzene rings is 1. The van der Waals surface area contributed by atoms with Crippen molar-refractivity contribution in [2.24, 2.45) is 5.92 Å². The summed E-state index contributed by atoms with van der Waals surface area (Å²) in [6.45, 7) is 4.27. The lowest BCUT2D eigenvalue weighted by molar-refractivity contribution is 0.142. The van der Waals surface area contributed by atoms with Crippen molar-refractivity contribution in [2.75, 3.05) is 0 Å². The lowest BCUT2D eigenvalue weighted by atomic mass is 9.99. The summed E-state index contributed by atoms with van der Waals surface area (Å²) < 4.78 is 0. The fourth-order valence-electron chi connectivity index (χ4n) is 1.80. The molecule has 0 bridgehead atoms. The molecule has 1 aromatic heterocycles. The number of aliphatic hydroxyl groups excluding tert-OH is 1. The molecule has 17 heavy (non-hydrogen) atoms. The van der Waals surface area contributed by atoms with Gasteiger partial charge < -0.3 is 5.11 Å². The number of hydrogen-bond donors (Lipinski definition) is 1. The van der Waals surface area contributed by atoms with Crippen LogP contribution in [0.15, 0.2) is 30.5 Å². The first-order chi connectivity index (χ1) is 8.20. The highest BCUT2D eigenvalue weighted by molar-refractivity contribution is 5.73. The second kappa shape index (κ2) is 5.23. The molecule has 3 nitrogen and oxygen atoms in total. The fraction of sp³-hybridized carbons (Fsp3) is 0.429. The maximum atomic E-state index is 10.1. The van der Waals surface area contributed by atoms with Gasteiger partial charge in [-0.2, -0.15) is 0 Å². The number of fused-ring (bicyclic) bond motifs is 1. The second-order valence-electron chi connectivity index (χ2n) is 4.55. The Morgan fingerprint density at radius 3 is 2.65 bits per heavy atom. The third kappa shape index (κ3) is 2.80. The van der Waals surface area contributed by atoms with Gasteiger partial charge in [-0.3, -0.25) is 4.98 Å². The summed E-state index contributed by atoms with van der Waals surface area (Å²) in [5, 5.41) is 10.1. The Morgan fingerprint density at radius 2 is 1.94 bits per heavy atom. The van der Waals surface area contributed by atoms with E-state index < -0.39 is 6.10 Å². The molecule has 1 heterocycles. The summed E-state index contributed by atoms with van der Waals surface area (Å²) in [4.78, 5) is 8.76. The third-order valence-corrected chi connectivity index (χ3v) is 3.13. The molecule has 0 saturated carbocycles. The molecular formula is C14H18N2O. The van der Waals surface area contributed by atoms with E-state index in [-0.39, 0.29) is 0 Å². The van der Waals surface area contributed by atoms with Gasteiger partial charge in [-0.1, -0.05) is 32.4 Å². The summed E-state index contributed by atoms with van der Waals surface area (Å²) in [5.41, 5.74) is 2.38. The van der Waals surface area contributed by atoms with E-state index in [2.05, 4.69) is 23.8 Å². The maximum Gasteiger partial charge on any atom is 0.0978 e. The zero-order valence-corrected chi connectivity index (χ0v) is 10.3. The molecule has 2 rings (SSSR count). The molecule has 2 aromatic rings. The van der Waals surface area contributed by atoms with Crippen LogP contribution in [0.2, 0.25) is 0 Å². The van der Waals surface area contributed by atoms with Crippen LogP contribution in [0.25, 0.3) is 11.0 Å². The average molecular weight is 230 g/mol. The zero-order valence-electron chi connectivity index (χ0n) is 10.3. The van der Waals surface area contributed by atoms with Crippen LogP contribution >= 0.6 is 0 Å². The molecule has 2 atom stereocenters. The molecule has 1 aromatic carbocycles. The second-order valence-corrected chi connectivity index (χ2v) is 4.55. The van der Waals surface area contributed by atoms with E-state index in [4.69, 9.17) is 0 Å². The topological polar surface area (TPSA) is 46.0 Å². The van der Waals surface area contributed by atoms with Crippen LogP contribution in [0.5, 0.6) is 0 Å². The Balaban J connectivity index is 2.23. The highest BCUT2D eigenvalue weighted by atomic mass is 16.3. The standard InChI is InChI=1S/C14H18N2O/c1-3-10(2)8-14(17)13-9-15-11-6-4-5-7-12(11)16-13/h4-7,9-10,14,17H,3,8H2,1-2H3. The van der Waals surface area contributed by atoms with Crippen LogP contribution in [0, 0.1) is 5.92 Å². The first-order valence-electron chi connectivity index (χ1n) is 6.10. The minimum Gasteiger partial charge on any atom is -0.387 e. The summed E-state index contributed by atoms with van der Waals surface area (Å²) in [6, 6.07) is 7.71. The monoisotopic (exact) mass is 230 g/mol. The van der Waals surface area contributed by atoms with Crippen molar-refractivity contribution in [1.82, 2.24) is 9.97 Å². The Bertz CT molecular complexity index is 498.